The third-order valence-corrected chi connectivity index (χ3v) is 6.99. The predicted octanol–water partition coefficient (Wildman–Crippen LogP) is 4.78. The second kappa shape index (κ2) is 4.37. The summed E-state index contributed by atoms with van der Waals surface area (Å²) in [6.45, 7) is 9.04. The first-order chi connectivity index (χ1) is 10.3. The molecule has 0 aromatic heterocycles. The van der Waals surface area contributed by atoms with Crippen LogP contribution >= 0.6 is 0 Å². The zero-order valence-corrected chi connectivity index (χ0v) is 14.1. The van der Waals surface area contributed by atoms with Crippen molar-refractivity contribution in [3.05, 3.63) is 35.1 Å². The molecular weight excluding hydrogens is 272 g/mol. The lowest BCUT2D eigenvalue weighted by atomic mass is 9.46. The summed E-state index contributed by atoms with van der Waals surface area (Å²) < 4.78 is 5.46. The van der Waals surface area contributed by atoms with Crippen LogP contribution in [0.4, 0.5) is 0 Å². The molecule has 1 spiro atoms. The molecular formula is C20H26O2. The van der Waals surface area contributed by atoms with Crippen LogP contribution in [-0.4, -0.2) is 5.97 Å². The molecule has 5 rings (SSSR count). The van der Waals surface area contributed by atoms with Crippen LogP contribution in [0.1, 0.15) is 53.4 Å². The van der Waals surface area contributed by atoms with Gasteiger partial charge in [0.05, 0.1) is 0 Å². The highest BCUT2D eigenvalue weighted by Gasteiger charge is 2.59. The van der Waals surface area contributed by atoms with Crippen LogP contribution < -0.4 is 0 Å². The molecule has 2 fully saturated rings. The molecule has 4 aliphatic carbocycles. The second-order valence-electron chi connectivity index (χ2n) is 8.45. The van der Waals surface area contributed by atoms with E-state index in [1.807, 2.05) is 13.0 Å². The zero-order valence-electron chi connectivity index (χ0n) is 14.1. The van der Waals surface area contributed by atoms with Gasteiger partial charge in [-0.05, 0) is 73.3 Å². The lowest BCUT2D eigenvalue weighted by Crippen LogP contribution is -2.50. The monoisotopic (exact) mass is 298 g/mol. The van der Waals surface area contributed by atoms with Crippen molar-refractivity contribution in [1.29, 1.82) is 0 Å². The normalized spacial score (nSPS) is 43.9. The standard InChI is InChI=1S/C20H26O2/c1-12-5-7-20-8-6-14(10-16(12)20)19(3,4)17(20)11-15-9-13(2)18(21)22-15/h9-12,14,17H,5-8H2,1-4H3/b15-11-/t12-,14?,17?,20?/m0/s1. The van der Waals surface area contributed by atoms with E-state index in [1.54, 1.807) is 5.57 Å². The Morgan fingerprint density at radius 3 is 2.68 bits per heavy atom. The van der Waals surface area contributed by atoms with Gasteiger partial charge in [-0.15, -0.1) is 0 Å². The van der Waals surface area contributed by atoms with Gasteiger partial charge < -0.3 is 4.74 Å². The minimum absolute atomic E-state index is 0.182. The summed E-state index contributed by atoms with van der Waals surface area (Å²) in [6.07, 6.45) is 12.0. The van der Waals surface area contributed by atoms with Crippen molar-refractivity contribution in [3.63, 3.8) is 0 Å². The molecule has 2 saturated carbocycles. The Hall–Kier alpha value is -1.31. The fourth-order valence-corrected chi connectivity index (χ4v) is 5.71. The van der Waals surface area contributed by atoms with Crippen LogP contribution in [0.2, 0.25) is 0 Å². The molecule has 0 aromatic carbocycles. The van der Waals surface area contributed by atoms with Crippen molar-refractivity contribution in [2.75, 3.05) is 0 Å². The number of allylic oxidation sites excluding steroid dienone is 4. The van der Waals surface area contributed by atoms with Crippen LogP contribution in [-0.2, 0) is 9.53 Å². The van der Waals surface area contributed by atoms with E-state index in [4.69, 9.17) is 4.74 Å². The number of ether oxygens (including phenoxy) is 1. The second-order valence-corrected chi connectivity index (χ2v) is 8.45. The molecule has 1 aliphatic heterocycles. The summed E-state index contributed by atoms with van der Waals surface area (Å²) >= 11 is 0. The summed E-state index contributed by atoms with van der Waals surface area (Å²) in [5.74, 6) is 2.46. The number of cyclic esters (lactones) is 1. The summed E-state index contributed by atoms with van der Waals surface area (Å²) in [5.41, 5.74) is 2.99. The molecule has 118 valence electrons. The number of esters is 1. The lowest BCUT2D eigenvalue weighted by molar-refractivity contribution is -0.133. The van der Waals surface area contributed by atoms with E-state index in [0.29, 0.717) is 17.3 Å². The van der Waals surface area contributed by atoms with Crippen LogP contribution in [0.25, 0.3) is 0 Å². The summed E-state index contributed by atoms with van der Waals surface area (Å²) in [6, 6.07) is 0. The molecule has 0 N–H and O–H groups in total. The van der Waals surface area contributed by atoms with E-state index in [9.17, 15) is 4.79 Å². The van der Waals surface area contributed by atoms with Gasteiger partial charge in [0.25, 0.3) is 0 Å². The van der Waals surface area contributed by atoms with Crippen LogP contribution in [0.3, 0.4) is 0 Å². The minimum Gasteiger partial charge on any atom is -0.423 e. The summed E-state index contributed by atoms with van der Waals surface area (Å²) in [4.78, 5) is 11.7. The Labute approximate surface area is 133 Å². The molecule has 0 aromatic rings. The van der Waals surface area contributed by atoms with Crippen LogP contribution in [0, 0.1) is 28.6 Å². The minimum atomic E-state index is -0.182. The van der Waals surface area contributed by atoms with Gasteiger partial charge in [0.1, 0.15) is 5.76 Å². The van der Waals surface area contributed by atoms with Crippen molar-refractivity contribution in [1.82, 2.24) is 0 Å². The fourth-order valence-electron chi connectivity index (χ4n) is 5.71. The number of rotatable bonds is 1. The average molecular weight is 298 g/mol. The van der Waals surface area contributed by atoms with Gasteiger partial charge in [0, 0.05) is 5.57 Å². The van der Waals surface area contributed by atoms with E-state index >= 15 is 0 Å². The first-order valence-corrected chi connectivity index (χ1v) is 8.69. The van der Waals surface area contributed by atoms with E-state index in [2.05, 4.69) is 32.9 Å². The quantitative estimate of drug-likeness (QED) is 0.514. The van der Waals surface area contributed by atoms with E-state index < -0.39 is 0 Å². The predicted molar refractivity (Wildman–Crippen MR) is 86.8 cm³/mol. The van der Waals surface area contributed by atoms with Crippen molar-refractivity contribution in [3.8, 4) is 0 Å². The molecule has 0 saturated heterocycles. The number of hydrogen-bond acceptors (Lipinski definition) is 2. The van der Waals surface area contributed by atoms with E-state index in [1.165, 1.54) is 25.7 Å². The SMILES string of the molecule is CC1=C/C(=C/C2C34CCC(C=C3[C@@H](C)CC4)C2(C)C)OC1=O. The van der Waals surface area contributed by atoms with Crippen molar-refractivity contribution >= 4 is 5.97 Å². The molecule has 5 aliphatic rings. The van der Waals surface area contributed by atoms with Crippen molar-refractivity contribution < 1.29 is 9.53 Å². The van der Waals surface area contributed by atoms with Crippen LogP contribution in [0.15, 0.2) is 35.1 Å². The molecule has 2 bridgehead atoms. The molecule has 1 heterocycles. The van der Waals surface area contributed by atoms with Gasteiger partial charge in [-0.1, -0.05) is 32.4 Å². The molecule has 2 nitrogen and oxygen atoms in total. The van der Waals surface area contributed by atoms with Gasteiger partial charge in [-0.2, -0.15) is 0 Å². The summed E-state index contributed by atoms with van der Waals surface area (Å²) in [5, 5.41) is 0. The maximum atomic E-state index is 11.7. The number of fused-ring (bicyclic) bond motifs is 2. The fraction of sp³-hybridized carbons (Fsp3) is 0.650. The summed E-state index contributed by atoms with van der Waals surface area (Å²) in [7, 11) is 0. The van der Waals surface area contributed by atoms with Gasteiger partial charge in [0.2, 0.25) is 0 Å². The van der Waals surface area contributed by atoms with Gasteiger partial charge in [0.15, 0.2) is 0 Å². The Morgan fingerprint density at radius 2 is 2.00 bits per heavy atom. The van der Waals surface area contributed by atoms with Gasteiger partial charge >= 0.3 is 5.97 Å². The third kappa shape index (κ3) is 1.70. The average Bonchev–Trinajstić information content (AvgIpc) is 2.96. The highest BCUT2D eigenvalue weighted by Crippen LogP contribution is 2.68. The number of hydrogen-bond donors (Lipinski definition) is 0. The Balaban J connectivity index is 1.80. The molecule has 0 amide bonds. The zero-order chi connectivity index (χ0) is 15.7. The van der Waals surface area contributed by atoms with Gasteiger partial charge in [-0.25, -0.2) is 4.79 Å². The van der Waals surface area contributed by atoms with E-state index in [0.717, 1.165) is 17.3 Å². The van der Waals surface area contributed by atoms with Crippen molar-refractivity contribution in [2.24, 2.45) is 28.6 Å². The molecule has 4 atom stereocenters. The molecule has 0 radical (unpaired) electrons. The Kier molecular flexibility index (Phi) is 2.84. The highest BCUT2D eigenvalue weighted by molar-refractivity contribution is 5.92. The lowest BCUT2D eigenvalue weighted by Gasteiger charge is -2.58. The smallest absolute Gasteiger partial charge is 0.339 e. The maximum absolute atomic E-state index is 11.7. The topological polar surface area (TPSA) is 26.3 Å². The van der Waals surface area contributed by atoms with Gasteiger partial charge in [-0.3, -0.25) is 0 Å². The van der Waals surface area contributed by atoms with Crippen LogP contribution in [0.5, 0.6) is 0 Å². The first-order valence-electron chi connectivity index (χ1n) is 8.69. The first kappa shape index (κ1) is 14.3. The molecule has 3 unspecified atom stereocenters. The highest BCUT2D eigenvalue weighted by atomic mass is 16.5. The maximum Gasteiger partial charge on any atom is 0.339 e. The molecule has 2 heteroatoms. The largest absolute Gasteiger partial charge is 0.423 e. The van der Waals surface area contributed by atoms with Crippen molar-refractivity contribution in [2.45, 2.75) is 53.4 Å². The van der Waals surface area contributed by atoms with E-state index in [-0.39, 0.29) is 11.4 Å². The Bertz CT molecular complexity index is 634. The third-order valence-electron chi connectivity index (χ3n) is 6.99. The number of carbonyl (C=O) groups is 1. The molecule has 22 heavy (non-hydrogen) atoms. The Morgan fingerprint density at radius 1 is 1.27 bits per heavy atom. The number of carbonyl (C=O) groups excluding carboxylic acids is 1.